The van der Waals surface area contributed by atoms with Gasteiger partial charge in [-0.05, 0) is 38.3 Å². The molecule has 6 heteroatoms. The number of nitro groups is 1. The molecule has 0 saturated heterocycles. The van der Waals surface area contributed by atoms with Crippen molar-refractivity contribution in [1.29, 1.82) is 0 Å². The van der Waals surface area contributed by atoms with E-state index in [2.05, 4.69) is 5.32 Å². The number of aliphatic hydroxyl groups is 1. The van der Waals surface area contributed by atoms with Crippen LogP contribution in [0.5, 0.6) is 5.75 Å². The van der Waals surface area contributed by atoms with Crippen molar-refractivity contribution in [2.75, 3.05) is 11.9 Å². The molecule has 1 aromatic carbocycles. The third kappa shape index (κ3) is 4.90. The molecule has 0 saturated carbocycles. The Bertz CT molecular complexity index is 475. The number of para-hydroxylation sites is 1. The first kappa shape index (κ1) is 17.2. The monoisotopic (exact) mass is 296 g/mol. The molecule has 0 spiro atoms. The number of benzene rings is 1. The maximum absolute atomic E-state index is 11.4. The molecule has 0 aromatic heterocycles. The number of hydrogen-bond acceptors (Lipinski definition) is 5. The number of ether oxygens (including phenoxy) is 1. The number of nitrogens with one attached hydrogen (secondary N) is 1. The van der Waals surface area contributed by atoms with E-state index in [0.29, 0.717) is 12.1 Å². The Labute approximate surface area is 125 Å². The van der Waals surface area contributed by atoms with Crippen LogP contribution in [0.25, 0.3) is 0 Å². The summed E-state index contributed by atoms with van der Waals surface area (Å²) in [5.41, 5.74) is 0.361. The molecule has 0 aliphatic heterocycles. The number of aliphatic hydroxyl groups excluding tert-OH is 1. The summed E-state index contributed by atoms with van der Waals surface area (Å²) in [5, 5.41) is 23.6. The lowest BCUT2D eigenvalue weighted by molar-refractivity contribution is -0.385. The standard InChI is InChI=1S/C15H24N2O4/c1-10(2)12(8-9-18)16-13-6-5-7-14(21-11(3)4)15(13)17(19)20/h5-7,10-12,16,18H,8-9H2,1-4H3. The molecule has 0 aliphatic carbocycles. The van der Waals surface area contributed by atoms with Gasteiger partial charge in [0.15, 0.2) is 5.75 Å². The highest BCUT2D eigenvalue weighted by Crippen LogP contribution is 2.36. The SMILES string of the molecule is CC(C)Oc1cccc(NC(CCO)C(C)C)c1[N+](=O)[O-]. The van der Waals surface area contributed by atoms with Gasteiger partial charge in [0.2, 0.25) is 0 Å². The fourth-order valence-corrected chi connectivity index (χ4v) is 2.09. The Hall–Kier alpha value is -1.82. The molecule has 0 aliphatic rings. The van der Waals surface area contributed by atoms with Crippen molar-refractivity contribution < 1.29 is 14.8 Å². The van der Waals surface area contributed by atoms with Gasteiger partial charge in [0.25, 0.3) is 0 Å². The van der Waals surface area contributed by atoms with Gasteiger partial charge in [0.05, 0.1) is 11.0 Å². The molecule has 0 fully saturated rings. The van der Waals surface area contributed by atoms with Gasteiger partial charge >= 0.3 is 5.69 Å². The lowest BCUT2D eigenvalue weighted by Gasteiger charge is -2.23. The van der Waals surface area contributed by atoms with E-state index in [1.54, 1.807) is 18.2 Å². The molecule has 1 aromatic rings. The molecule has 118 valence electrons. The van der Waals surface area contributed by atoms with E-state index >= 15 is 0 Å². The smallest absolute Gasteiger partial charge is 0.333 e. The number of hydrogen-bond donors (Lipinski definition) is 2. The third-order valence-electron chi connectivity index (χ3n) is 3.13. The number of nitrogens with zero attached hydrogens (tertiary/aromatic N) is 1. The van der Waals surface area contributed by atoms with E-state index in [1.165, 1.54) is 0 Å². The lowest BCUT2D eigenvalue weighted by Crippen LogP contribution is -2.27. The molecule has 1 unspecified atom stereocenters. The summed E-state index contributed by atoms with van der Waals surface area (Å²) in [6, 6.07) is 4.95. The highest BCUT2D eigenvalue weighted by atomic mass is 16.6. The first-order valence-electron chi connectivity index (χ1n) is 7.18. The van der Waals surface area contributed by atoms with Crippen LogP contribution in [0.15, 0.2) is 18.2 Å². The topological polar surface area (TPSA) is 84.6 Å². The Morgan fingerprint density at radius 3 is 2.48 bits per heavy atom. The van der Waals surface area contributed by atoms with Crippen LogP contribution in [-0.2, 0) is 0 Å². The Morgan fingerprint density at radius 2 is 2.00 bits per heavy atom. The zero-order chi connectivity index (χ0) is 16.0. The van der Waals surface area contributed by atoms with E-state index < -0.39 is 4.92 Å². The molecule has 0 radical (unpaired) electrons. The quantitative estimate of drug-likeness (QED) is 0.568. The van der Waals surface area contributed by atoms with Crippen LogP contribution >= 0.6 is 0 Å². The first-order chi connectivity index (χ1) is 9.86. The van der Waals surface area contributed by atoms with Crippen molar-refractivity contribution in [3.05, 3.63) is 28.3 Å². The fraction of sp³-hybridized carbons (Fsp3) is 0.600. The highest BCUT2D eigenvalue weighted by molar-refractivity contribution is 5.68. The zero-order valence-corrected chi connectivity index (χ0v) is 13.0. The molecular formula is C15H24N2O4. The largest absolute Gasteiger partial charge is 0.484 e. The maximum atomic E-state index is 11.4. The minimum Gasteiger partial charge on any atom is -0.484 e. The van der Waals surface area contributed by atoms with Crippen LogP contribution in [0.1, 0.15) is 34.1 Å². The molecular weight excluding hydrogens is 272 g/mol. The Morgan fingerprint density at radius 1 is 1.33 bits per heavy atom. The van der Waals surface area contributed by atoms with Gasteiger partial charge in [0.1, 0.15) is 5.69 Å². The molecule has 21 heavy (non-hydrogen) atoms. The van der Waals surface area contributed by atoms with Crippen LogP contribution in [0.4, 0.5) is 11.4 Å². The predicted octanol–water partition coefficient (Wildman–Crippen LogP) is 3.20. The predicted molar refractivity (Wildman–Crippen MR) is 82.8 cm³/mol. The number of nitro benzene ring substituents is 1. The van der Waals surface area contributed by atoms with Crippen LogP contribution in [0, 0.1) is 16.0 Å². The van der Waals surface area contributed by atoms with E-state index in [-0.39, 0.29) is 36.1 Å². The van der Waals surface area contributed by atoms with Gasteiger partial charge in [-0.2, -0.15) is 0 Å². The second kappa shape index (κ2) is 7.83. The summed E-state index contributed by atoms with van der Waals surface area (Å²) in [6.07, 6.45) is 0.390. The van der Waals surface area contributed by atoms with Gasteiger partial charge in [0, 0.05) is 12.6 Å². The van der Waals surface area contributed by atoms with Crippen molar-refractivity contribution in [3.63, 3.8) is 0 Å². The van der Waals surface area contributed by atoms with Crippen LogP contribution in [0.3, 0.4) is 0 Å². The second-order valence-electron chi connectivity index (χ2n) is 5.58. The molecule has 1 atom stereocenters. The lowest BCUT2D eigenvalue weighted by atomic mass is 10.0. The summed E-state index contributed by atoms with van der Waals surface area (Å²) in [4.78, 5) is 10.9. The maximum Gasteiger partial charge on any atom is 0.333 e. The zero-order valence-electron chi connectivity index (χ0n) is 13.0. The van der Waals surface area contributed by atoms with Crippen molar-refractivity contribution in [3.8, 4) is 5.75 Å². The second-order valence-corrected chi connectivity index (χ2v) is 5.58. The minimum absolute atomic E-state index is 0.0336. The van der Waals surface area contributed by atoms with Crippen LogP contribution in [0.2, 0.25) is 0 Å². The average molecular weight is 296 g/mol. The Balaban J connectivity index is 3.13. The van der Waals surface area contributed by atoms with E-state index in [4.69, 9.17) is 9.84 Å². The van der Waals surface area contributed by atoms with Gasteiger partial charge in [-0.15, -0.1) is 0 Å². The van der Waals surface area contributed by atoms with Crippen molar-refractivity contribution in [2.24, 2.45) is 5.92 Å². The molecule has 0 bridgehead atoms. The van der Waals surface area contributed by atoms with Gasteiger partial charge < -0.3 is 15.2 Å². The molecule has 1 rings (SSSR count). The van der Waals surface area contributed by atoms with E-state index in [1.807, 2.05) is 27.7 Å². The van der Waals surface area contributed by atoms with Gasteiger partial charge in [-0.3, -0.25) is 10.1 Å². The molecule has 6 nitrogen and oxygen atoms in total. The van der Waals surface area contributed by atoms with Crippen LogP contribution < -0.4 is 10.1 Å². The van der Waals surface area contributed by atoms with Gasteiger partial charge in [-0.1, -0.05) is 19.9 Å². The molecule has 0 heterocycles. The first-order valence-corrected chi connectivity index (χ1v) is 7.18. The van der Waals surface area contributed by atoms with Gasteiger partial charge in [-0.25, -0.2) is 0 Å². The summed E-state index contributed by atoms with van der Waals surface area (Å²) in [7, 11) is 0. The van der Waals surface area contributed by atoms with E-state index in [9.17, 15) is 10.1 Å². The number of anilines is 1. The van der Waals surface area contributed by atoms with Crippen LogP contribution in [-0.4, -0.2) is 28.8 Å². The van der Waals surface area contributed by atoms with Crippen molar-refractivity contribution >= 4 is 11.4 Å². The third-order valence-corrected chi connectivity index (χ3v) is 3.13. The van der Waals surface area contributed by atoms with Crippen molar-refractivity contribution in [1.82, 2.24) is 0 Å². The fourth-order valence-electron chi connectivity index (χ4n) is 2.09. The number of rotatable bonds is 8. The molecule has 0 amide bonds. The average Bonchev–Trinajstić information content (AvgIpc) is 2.37. The summed E-state index contributed by atoms with van der Waals surface area (Å²) < 4.78 is 5.52. The highest BCUT2D eigenvalue weighted by Gasteiger charge is 2.24. The summed E-state index contributed by atoms with van der Waals surface area (Å²) >= 11 is 0. The summed E-state index contributed by atoms with van der Waals surface area (Å²) in [6.45, 7) is 7.70. The normalized spacial score (nSPS) is 12.5. The minimum atomic E-state index is -0.434. The summed E-state index contributed by atoms with van der Waals surface area (Å²) in [5.74, 6) is 0.498. The molecule has 2 N–H and O–H groups in total. The Kier molecular flexibility index (Phi) is 6.42. The van der Waals surface area contributed by atoms with E-state index in [0.717, 1.165) is 0 Å². The van der Waals surface area contributed by atoms with Crippen molar-refractivity contribution in [2.45, 2.75) is 46.3 Å².